The van der Waals surface area contributed by atoms with Gasteiger partial charge in [0.2, 0.25) is 11.6 Å². The minimum atomic E-state index is -0.624. The topological polar surface area (TPSA) is 69.0 Å². The molecule has 0 saturated carbocycles. The molecular formula is C35H61IN2O5. The Balaban J connectivity index is 0.00000924. The summed E-state index contributed by atoms with van der Waals surface area (Å²) in [7, 11) is 0. The van der Waals surface area contributed by atoms with Crippen LogP contribution in [-0.4, -0.2) is 48.9 Å². The first kappa shape index (κ1) is 39.8. The van der Waals surface area contributed by atoms with E-state index in [0.29, 0.717) is 6.61 Å². The predicted octanol–water partition coefficient (Wildman–Crippen LogP) is 5.31. The molecule has 1 aromatic heterocycles. The van der Waals surface area contributed by atoms with Crippen LogP contribution in [0, 0.1) is 0 Å². The van der Waals surface area contributed by atoms with Gasteiger partial charge in [-0.15, -0.1) is 0 Å². The molecule has 1 saturated heterocycles. The Labute approximate surface area is 279 Å². The van der Waals surface area contributed by atoms with Crippen molar-refractivity contribution in [1.82, 2.24) is 4.90 Å². The van der Waals surface area contributed by atoms with E-state index in [4.69, 9.17) is 14.2 Å². The van der Waals surface area contributed by atoms with E-state index in [1.165, 1.54) is 103 Å². The van der Waals surface area contributed by atoms with Crippen molar-refractivity contribution in [3.63, 3.8) is 0 Å². The van der Waals surface area contributed by atoms with E-state index in [-0.39, 0.29) is 55.2 Å². The number of ether oxygens (including phenoxy) is 3. The smallest absolute Gasteiger partial charge is 0.417 e. The highest BCUT2D eigenvalue weighted by Crippen LogP contribution is 2.21. The van der Waals surface area contributed by atoms with Gasteiger partial charge in [-0.05, 0) is 26.2 Å². The predicted molar refractivity (Wildman–Crippen MR) is 168 cm³/mol. The fraction of sp³-hybridized carbons (Fsp3) is 0.800. The zero-order chi connectivity index (χ0) is 30.3. The Bertz CT molecular complexity index is 855. The van der Waals surface area contributed by atoms with E-state index < -0.39 is 6.09 Å². The van der Waals surface area contributed by atoms with Gasteiger partial charge in [-0.2, -0.15) is 0 Å². The van der Waals surface area contributed by atoms with Crippen molar-refractivity contribution in [2.24, 2.45) is 0 Å². The molecule has 0 aromatic carbocycles. The Hall–Kier alpha value is -1.26. The first-order chi connectivity index (χ1) is 20.5. The van der Waals surface area contributed by atoms with Gasteiger partial charge in [0.25, 0.3) is 0 Å². The first-order valence-electron chi connectivity index (χ1n) is 17.2. The van der Waals surface area contributed by atoms with Crippen LogP contribution in [0.15, 0.2) is 24.4 Å². The van der Waals surface area contributed by atoms with E-state index in [0.717, 1.165) is 43.0 Å². The SMILES string of the molecule is CCCCCCCCCCCCCCCCCCOC[C@H]1CC[C@@H](COC(=O)N(Cc2cccc[n+]2CC)C(C)=O)O1.[I-]. The summed E-state index contributed by atoms with van der Waals surface area (Å²) in [6, 6.07) is 5.75. The minimum Gasteiger partial charge on any atom is -1.00 e. The molecule has 0 N–H and O–H groups in total. The summed E-state index contributed by atoms with van der Waals surface area (Å²) in [4.78, 5) is 26.0. The molecule has 2 atom stereocenters. The van der Waals surface area contributed by atoms with Gasteiger partial charge in [0.15, 0.2) is 6.20 Å². The normalized spacial score (nSPS) is 16.2. The zero-order valence-corrected chi connectivity index (χ0v) is 29.7. The third-order valence-electron chi connectivity index (χ3n) is 8.33. The van der Waals surface area contributed by atoms with Crippen molar-refractivity contribution in [3.8, 4) is 0 Å². The van der Waals surface area contributed by atoms with E-state index in [1.54, 1.807) is 0 Å². The Morgan fingerprint density at radius 1 is 0.814 bits per heavy atom. The number of aryl methyl sites for hydroxylation is 1. The highest BCUT2D eigenvalue weighted by molar-refractivity contribution is 5.90. The van der Waals surface area contributed by atoms with Crippen molar-refractivity contribution in [1.29, 1.82) is 0 Å². The number of hydrogen-bond donors (Lipinski definition) is 0. The van der Waals surface area contributed by atoms with Crippen molar-refractivity contribution in [2.75, 3.05) is 19.8 Å². The van der Waals surface area contributed by atoms with E-state index in [2.05, 4.69) is 6.92 Å². The molecule has 2 amide bonds. The van der Waals surface area contributed by atoms with Crippen LogP contribution in [0.3, 0.4) is 0 Å². The Morgan fingerprint density at radius 2 is 1.35 bits per heavy atom. The summed E-state index contributed by atoms with van der Waals surface area (Å²) < 4.78 is 19.4. The van der Waals surface area contributed by atoms with Crippen LogP contribution in [0.25, 0.3) is 0 Å². The third kappa shape index (κ3) is 18.3. The van der Waals surface area contributed by atoms with Gasteiger partial charge >= 0.3 is 6.09 Å². The van der Waals surface area contributed by atoms with E-state index >= 15 is 0 Å². The fourth-order valence-corrected chi connectivity index (χ4v) is 5.66. The molecule has 1 aliphatic heterocycles. The quantitative estimate of drug-likeness (QED) is 0.0825. The molecule has 0 aliphatic carbocycles. The lowest BCUT2D eigenvalue weighted by Gasteiger charge is -2.19. The Kier molecular flexibility index (Phi) is 24.0. The van der Waals surface area contributed by atoms with Crippen LogP contribution in [0.1, 0.15) is 142 Å². The number of unbranched alkanes of at least 4 members (excludes halogenated alkanes) is 15. The highest BCUT2D eigenvalue weighted by Gasteiger charge is 2.29. The largest absolute Gasteiger partial charge is 1.00 e. The zero-order valence-electron chi connectivity index (χ0n) is 27.5. The molecule has 1 aromatic rings. The van der Waals surface area contributed by atoms with Crippen LogP contribution in [0.2, 0.25) is 0 Å². The van der Waals surface area contributed by atoms with Gasteiger partial charge < -0.3 is 38.2 Å². The van der Waals surface area contributed by atoms with Crippen molar-refractivity contribution >= 4 is 12.0 Å². The van der Waals surface area contributed by atoms with Gasteiger partial charge in [0.05, 0.1) is 18.8 Å². The Morgan fingerprint density at radius 3 is 1.88 bits per heavy atom. The standard InChI is InChI=1S/C35H61N2O5.HI/c1-4-6-7-8-9-10-11-12-13-14-15-16-17-18-19-22-27-40-29-33-24-25-34(42-33)30-41-35(39)37(31(3)38)28-32-23-20-21-26-36(32)5-2;/h20-21,23,26,33-34H,4-19,22,24-25,27-30H2,1-3H3;1H/q+1;/p-1/t33-,34+;/m1./s1. The molecule has 8 heteroatoms. The van der Waals surface area contributed by atoms with Crippen molar-refractivity contribution in [3.05, 3.63) is 30.1 Å². The number of carbonyl (C=O) groups is 2. The van der Waals surface area contributed by atoms with Crippen molar-refractivity contribution < 1.29 is 52.3 Å². The second-order valence-corrected chi connectivity index (χ2v) is 12.0. The first-order valence-corrected chi connectivity index (χ1v) is 17.2. The molecule has 1 fully saturated rings. The van der Waals surface area contributed by atoms with Gasteiger partial charge in [-0.25, -0.2) is 14.3 Å². The maximum absolute atomic E-state index is 12.7. The summed E-state index contributed by atoms with van der Waals surface area (Å²) in [6.45, 7) is 8.17. The lowest BCUT2D eigenvalue weighted by Crippen LogP contribution is -3.00. The summed E-state index contributed by atoms with van der Waals surface area (Å²) in [5, 5.41) is 0. The van der Waals surface area contributed by atoms with Gasteiger partial charge in [-0.1, -0.05) is 109 Å². The van der Waals surface area contributed by atoms with Gasteiger partial charge in [-0.3, -0.25) is 4.79 Å². The number of halogens is 1. The number of imide groups is 1. The molecule has 0 unspecified atom stereocenters. The van der Waals surface area contributed by atoms with Crippen LogP contribution in [0.5, 0.6) is 0 Å². The molecule has 7 nitrogen and oxygen atoms in total. The number of aromatic nitrogens is 1. The molecular weight excluding hydrogens is 655 g/mol. The van der Waals surface area contributed by atoms with E-state index in [1.807, 2.05) is 35.9 Å². The molecule has 0 spiro atoms. The molecule has 0 radical (unpaired) electrons. The number of carbonyl (C=O) groups excluding carboxylic acids is 2. The number of nitrogens with zero attached hydrogens (tertiary/aromatic N) is 2. The van der Waals surface area contributed by atoms with Crippen LogP contribution < -0.4 is 28.5 Å². The monoisotopic (exact) mass is 716 g/mol. The number of amides is 2. The highest BCUT2D eigenvalue weighted by atomic mass is 127. The molecule has 2 heterocycles. The number of rotatable bonds is 24. The molecule has 0 bridgehead atoms. The summed E-state index contributed by atoms with van der Waals surface area (Å²) in [6.07, 6.45) is 24.8. The summed E-state index contributed by atoms with van der Waals surface area (Å²) in [5.74, 6) is -0.334. The molecule has 2 rings (SSSR count). The fourth-order valence-electron chi connectivity index (χ4n) is 5.66. The number of pyridine rings is 1. The van der Waals surface area contributed by atoms with Crippen LogP contribution in [-0.2, 0) is 32.1 Å². The van der Waals surface area contributed by atoms with Gasteiger partial charge in [0.1, 0.15) is 19.7 Å². The second kappa shape index (κ2) is 26.0. The molecule has 248 valence electrons. The van der Waals surface area contributed by atoms with Gasteiger partial charge in [0, 0.05) is 25.7 Å². The lowest BCUT2D eigenvalue weighted by atomic mass is 10.0. The van der Waals surface area contributed by atoms with Crippen LogP contribution in [0.4, 0.5) is 4.79 Å². The average molecular weight is 717 g/mol. The van der Waals surface area contributed by atoms with Crippen molar-refractivity contribution in [2.45, 2.75) is 162 Å². The lowest BCUT2D eigenvalue weighted by molar-refractivity contribution is -0.701. The average Bonchev–Trinajstić information content (AvgIpc) is 3.45. The van der Waals surface area contributed by atoms with Crippen LogP contribution >= 0.6 is 0 Å². The maximum Gasteiger partial charge on any atom is 0.417 e. The number of hydrogen-bond acceptors (Lipinski definition) is 5. The molecule has 43 heavy (non-hydrogen) atoms. The summed E-state index contributed by atoms with van der Waals surface area (Å²) in [5.41, 5.74) is 0.880. The maximum atomic E-state index is 12.7. The summed E-state index contributed by atoms with van der Waals surface area (Å²) >= 11 is 0. The minimum absolute atomic E-state index is 0. The second-order valence-electron chi connectivity index (χ2n) is 12.0. The van der Waals surface area contributed by atoms with E-state index in [9.17, 15) is 9.59 Å². The third-order valence-corrected chi connectivity index (χ3v) is 8.33. The molecule has 1 aliphatic rings.